The highest BCUT2D eigenvalue weighted by molar-refractivity contribution is 7.14. The predicted octanol–water partition coefficient (Wildman–Crippen LogP) is 4.38. The lowest BCUT2D eigenvalue weighted by molar-refractivity contribution is -0.125. The minimum Gasteiger partial charge on any atom is -0.305 e. The predicted molar refractivity (Wildman–Crippen MR) is 72.3 cm³/mol. The number of hydrogen-bond donors (Lipinski definition) is 1. The summed E-state index contributed by atoms with van der Waals surface area (Å²) in [4.78, 5) is 1.12. The molecule has 0 amide bonds. The van der Waals surface area contributed by atoms with Gasteiger partial charge in [-0.25, -0.2) is 0 Å². The monoisotopic (exact) mass is 285 g/mol. The Bertz CT molecular complexity index is 531. The smallest absolute Gasteiger partial charge is 0.305 e. The lowest BCUT2D eigenvalue weighted by Crippen LogP contribution is -2.28. The Kier molecular flexibility index (Phi) is 4.27. The molecule has 0 aliphatic carbocycles. The van der Waals surface area contributed by atoms with Gasteiger partial charge in [-0.3, -0.25) is 0 Å². The lowest BCUT2D eigenvalue weighted by Gasteiger charge is -2.08. The van der Waals surface area contributed by atoms with Gasteiger partial charge in [-0.2, -0.15) is 13.2 Å². The van der Waals surface area contributed by atoms with E-state index in [4.69, 9.17) is 0 Å². The van der Waals surface area contributed by atoms with E-state index in [-0.39, 0.29) is 6.54 Å². The van der Waals surface area contributed by atoms with Gasteiger partial charge < -0.3 is 5.32 Å². The van der Waals surface area contributed by atoms with Crippen LogP contribution in [0.1, 0.15) is 11.1 Å². The van der Waals surface area contributed by atoms with Crippen LogP contribution >= 0.6 is 11.3 Å². The number of alkyl halides is 3. The number of thiophene rings is 1. The Balaban J connectivity index is 2.07. The Labute approximate surface area is 114 Å². The molecule has 1 aromatic carbocycles. The first-order valence-corrected chi connectivity index (χ1v) is 6.75. The van der Waals surface area contributed by atoms with Crippen LogP contribution < -0.4 is 5.32 Å². The van der Waals surface area contributed by atoms with Crippen molar-refractivity contribution >= 4 is 11.3 Å². The fourth-order valence-corrected chi connectivity index (χ4v) is 2.94. The molecule has 1 aromatic heterocycles. The zero-order chi connectivity index (χ0) is 13.9. The second-order valence-corrected chi connectivity index (χ2v) is 5.18. The third-order valence-electron chi connectivity index (χ3n) is 2.82. The number of benzene rings is 1. The van der Waals surface area contributed by atoms with E-state index in [1.54, 1.807) is 11.3 Å². The number of rotatable bonds is 4. The fraction of sp³-hybridized carbons (Fsp3) is 0.286. The summed E-state index contributed by atoms with van der Waals surface area (Å²) in [6.45, 7) is 1.24. The van der Waals surface area contributed by atoms with Crippen LogP contribution in [-0.2, 0) is 6.54 Å². The highest BCUT2D eigenvalue weighted by atomic mass is 32.1. The zero-order valence-electron chi connectivity index (χ0n) is 10.4. The molecule has 0 aliphatic heterocycles. The number of halogens is 3. The molecule has 0 spiro atoms. The summed E-state index contributed by atoms with van der Waals surface area (Å²) in [6, 6.07) is 9.86. The van der Waals surface area contributed by atoms with Gasteiger partial charge in [0, 0.05) is 11.4 Å². The molecule has 5 heteroatoms. The third kappa shape index (κ3) is 3.81. The maximum Gasteiger partial charge on any atom is 0.401 e. The Morgan fingerprint density at radius 1 is 1.16 bits per heavy atom. The van der Waals surface area contributed by atoms with Crippen molar-refractivity contribution in [2.45, 2.75) is 19.6 Å². The maximum atomic E-state index is 12.1. The van der Waals surface area contributed by atoms with Crippen LogP contribution in [0.4, 0.5) is 13.2 Å². The molecule has 0 atom stereocenters. The molecule has 0 radical (unpaired) electrons. The minimum atomic E-state index is -4.16. The molecule has 0 unspecified atom stereocenters. The SMILES string of the molecule is Cc1c(CNCC(F)(F)F)csc1-c1ccccc1. The highest BCUT2D eigenvalue weighted by Gasteiger charge is 2.26. The summed E-state index contributed by atoms with van der Waals surface area (Å²) in [5.41, 5.74) is 3.08. The Morgan fingerprint density at radius 3 is 2.47 bits per heavy atom. The van der Waals surface area contributed by atoms with Gasteiger partial charge in [-0.1, -0.05) is 30.3 Å². The van der Waals surface area contributed by atoms with Crippen LogP contribution in [-0.4, -0.2) is 12.7 Å². The van der Waals surface area contributed by atoms with Crippen LogP contribution in [0.2, 0.25) is 0 Å². The molecule has 1 nitrogen and oxygen atoms in total. The van der Waals surface area contributed by atoms with Gasteiger partial charge in [-0.15, -0.1) is 11.3 Å². The van der Waals surface area contributed by atoms with E-state index in [1.807, 2.05) is 42.6 Å². The van der Waals surface area contributed by atoms with Crippen LogP contribution in [0.5, 0.6) is 0 Å². The van der Waals surface area contributed by atoms with Gasteiger partial charge >= 0.3 is 6.18 Å². The van der Waals surface area contributed by atoms with Crippen LogP contribution in [0, 0.1) is 6.92 Å². The third-order valence-corrected chi connectivity index (χ3v) is 4.00. The molecule has 0 fully saturated rings. The molecule has 2 rings (SSSR count). The molecular weight excluding hydrogens is 271 g/mol. The van der Waals surface area contributed by atoms with Gasteiger partial charge in [0.2, 0.25) is 0 Å². The Morgan fingerprint density at radius 2 is 1.84 bits per heavy atom. The van der Waals surface area contributed by atoms with E-state index >= 15 is 0 Å². The summed E-state index contributed by atoms with van der Waals surface area (Å²) in [5.74, 6) is 0. The molecule has 0 aliphatic rings. The first kappa shape index (κ1) is 14.1. The van der Waals surface area contributed by atoms with Crippen LogP contribution in [0.25, 0.3) is 10.4 Å². The molecule has 0 bridgehead atoms. The van der Waals surface area contributed by atoms with Crippen LogP contribution in [0.3, 0.4) is 0 Å². The van der Waals surface area contributed by atoms with Crippen molar-refractivity contribution in [1.82, 2.24) is 5.32 Å². The maximum absolute atomic E-state index is 12.1. The lowest BCUT2D eigenvalue weighted by atomic mass is 10.1. The first-order valence-electron chi connectivity index (χ1n) is 5.87. The molecule has 0 saturated heterocycles. The van der Waals surface area contributed by atoms with Crippen molar-refractivity contribution in [2.24, 2.45) is 0 Å². The van der Waals surface area contributed by atoms with E-state index in [9.17, 15) is 13.2 Å². The largest absolute Gasteiger partial charge is 0.401 e. The Hall–Kier alpha value is -1.33. The second-order valence-electron chi connectivity index (χ2n) is 4.30. The van der Waals surface area contributed by atoms with Crippen molar-refractivity contribution in [3.8, 4) is 10.4 Å². The van der Waals surface area contributed by atoms with Crippen molar-refractivity contribution in [2.75, 3.05) is 6.54 Å². The van der Waals surface area contributed by atoms with E-state index in [1.165, 1.54) is 0 Å². The van der Waals surface area contributed by atoms with Crippen LogP contribution in [0.15, 0.2) is 35.7 Å². The quantitative estimate of drug-likeness (QED) is 0.879. The molecular formula is C14H14F3NS. The molecule has 2 aromatic rings. The van der Waals surface area contributed by atoms with E-state index in [0.717, 1.165) is 21.6 Å². The van der Waals surface area contributed by atoms with Gasteiger partial charge in [-0.05, 0) is 29.0 Å². The second kappa shape index (κ2) is 5.75. The van der Waals surface area contributed by atoms with E-state index < -0.39 is 12.7 Å². The average Bonchev–Trinajstić information content (AvgIpc) is 2.71. The van der Waals surface area contributed by atoms with Crippen molar-refractivity contribution < 1.29 is 13.2 Å². The summed E-state index contributed by atoms with van der Waals surface area (Å²) >= 11 is 1.57. The van der Waals surface area contributed by atoms with Crippen molar-refractivity contribution in [3.63, 3.8) is 0 Å². The van der Waals surface area contributed by atoms with Gasteiger partial charge in [0.05, 0.1) is 6.54 Å². The number of hydrogen-bond acceptors (Lipinski definition) is 2. The van der Waals surface area contributed by atoms with Gasteiger partial charge in [0.1, 0.15) is 0 Å². The summed E-state index contributed by atoms with van der Waals surface area (Å²) in [7, 11) is 0. The summed E-state index contributed by atoms with van der Waals surface area (Å²) in [5, 5.41) is 4.35. The van der Waals surface area contributed by atoms with Gasteiger partial charge in [0.15, 0.2) is 0 Å². The molecule has 0 saturated carbocycles. The van der Waals surface area contributed by atoms with Crippen molar-refractivity contribution in [3.05, 3.63) is 46.8 Å². The summed E-state index contributed by atoms with van der Waals surface area (Å²) < 4.78 is 36.2. The zero-order valence-corrected chi connectivity index (χ0v) is 11.2. The molecule has 1 heterocycles. The highest BCUT2D eigenvalue weighted by Crippen LogP contribution is 2.32. The van der Waals surface area contributed by atoms with Gasteiger partial charge in [0.25, 0.3) is 0 Å². The molecule has 1 N–H and O–H groups in total. The average molecular weight is 285 g/mol. The fourth-order valence-electron chi connectivity index (χ4n) is 1.84. The molecule has 102 valence electrons. The minimum absolute atomic E-state index is 0.245. The molecule has 19 heavy (non-hydrogen) atoms. The number of nitrogens with one attached hydrogen (secondary N) is 1. The summed E-state index contributed by atoms with van der Waals surface area (Å²) in [6.07, 6.45) is -4.16. The normalized spacial score (nSPS) is 11.8. The van der Waals surface area contributed by atoms with Crippen molar-refractivity contribution in [1.29, 1.82) is 0 Å². The first-order chi connectivity index (χ1) is 8.97. The standard InChI is InChI=1S/C14H14F3NS/c1-10-12(7-18-9-14(15,16)17)8-19-13(10)11-5-3-2-4-6-11/h2-6,8,18H,7,9H2,1H3. The van der Waals surface area contributed by atoms with E-state index in [0.29, 0.717) is 0 Å². The van der Waals surface area contributed by atoms with E-state index in [2.05, 4.69) is 5.32 Å². The topological polar surface area (TPSA) is 12.0 Å².